The predicted octanol–water partition coefficient (Wildman–Crippen LogP) is 7.66. The molecule has 1 amide bonds. The fraction of sp³-hybridized carbons (Fsp3) is 0.419. The molecule has 0 aliphatic carbocycles. The van der Waals surface area contributed by atoms with Gasteiger partial charge >= 0.3 is 12.5 Å². The zero-order valence-electron chi connectivity index (χ0n) is 22.8. The monoisotopic (exact) mass is 554 g/mol. The molecule has 6 nitrogen and oxygen atoms in total. The van der Waals surface area contributed by atoms with Gasteiger partial charge in [0.2, 0.25) is 0 Å². The van der Waals surface area contributed by atoms with Gasteiger partial charge in [-0.2, -0.15) is 0 Å². The first-order valence-electron chi connectivity index (χ1n) is 13.4. The van der Waals surface area contributed by atoms with Crippen LogP contribution in [0.25, 0.3) is 11.1 Å². The Hall–Kier alpha value is -3.59. The highest BCUT2D eigenvalue weighted by Gasteiger charge is 2.53. The normalized spacial score (nSPS) is 23.3. The molecule has 1 aromatic heterocycles. The Morgan fingerprint density at radius 2 is 1.85 bits per heavy atom. The first kappa shape index (κ1) is 28.0. The molecule has 0 radical (unpaired) electrons. The van der Waals surface area contributed by atoms with Crippen LogP contribution in [0.4, 0.5) is 18.0 Å². The molecule has 5 rings (SSSR count). The highest BCUT2D eigenvalue weighted by atomic mass is 19.4. The fourth-order valence-corrected chi connectivity index (χ4v) is 5.96. The minimum absolute atomic E-state index is 0.239. The number of hydrogen-bond acceptors (Lipinski definition) is 5. The number of hydrogen-bond donors (Lipinski definition) is 0. The van der Waals surface area contributed by atoms with Gasteiger partial charge in [0.1, 0.15) is 11.4 Å². The molecule has 1 spiro atoms. The molecule has 0 N–H and O–H groups in total. The molecule has 3 atom stereocenters. The smallest absolute Gasteiger partial charge is 0.444 e. The minimum atomic E-state index is -4.81. The summed E-state index contributed by atoms with van der Waals surface area (Å²) >= 11 is 0. The lowest BCUT2D eigenvalue weighted by molar-refractivity contribution is -0.274. The molecule has 0 unspecified atom stereocenters. The van der Waals surface area contributed by atoms with Gasteiger partial charge in [0.15, 0.2) is 0 Å². The molecule has 0 saturated carbocycles. The second-order valence-corrected chi connectivity index (χ2v) is 11.4. The van der Waals surface area contributed by atoms with Gasteiger partial charge in [-0.15, -0.1) is 13.2 Å². The molecule has 3 heterocycles. The number of piperidine rings is 1. The average molecular weight is 555 g/mol. The van der Waals surface area contributed by atoms with Gasteiger partial charge in [-0.1, -0.05) is 42.5 Å². The van der Waals surface area contributed by atoms with Gasteiger partial charge in [0, 0.05) is 30.4 Å². The van der Waals surface area contributed by atoms with Gasteiger partial charge in [0.05, 0.1) is 18.2 Å². The maximum absolute atomic E-state index is 13.4. The number of alkyl halides is 3. The van der Waals surface area contributed by atoms with Gasteiger partial charge in [-0.25, -0.2) is 4.79 Å². The molecule has 2 fully saturated rings. The number of likely N-dealkylation sites (tertiary alicyclic amines) is 1. The Kier molecular flexibility index (Phi) is 7.52. The first-order chi connectivity index (χ1) is 18.9. The third-order valence-corrected chi connectivity index (χ3v) is 7.39. The summed E-state index contributed by atoms with van der Waals surface area (Å²) in [6.07, 6.45) is 0.0297. The Balaban J connectivity index is 1.54. The van der Waals surface area contributed by atoms with Crippen LogP contribution in [0.3, 0.4) is 0 Å². The number of amides is 1. The van der Waals surface area contributed by atoms with E-state index in [0.717, 1.165) is 16.7 Å². The number of ether oxygens (including phenoxy) is 3. The minimum Gasteiger partial charge on any atom is -0.444 e. The molecule has 2 aliphatic rings. The third kappa shape index (κ3) is 6.09. The van der Waals surface area contributed by atoms with Crippen molar-refractivity contribution in [2.45, 2.75) is 69.6 Å². The van der Waals surface area contributed by atoms with Crippen molar-refractivity contribution in [2.75, 3.05) is 13.2 Å². The lowest BCUT2D eigenvalue weighted by Crippen LogP contribution is -2.53. The summed E-state index contributed by atoms with van der Waals surface area (Å²) in [4.78, 5) is 19.4. The van der Waals surface area contributed by atoms with Crippen molar-refractivity contribution in [3.05, 3.63) is 84.2 Å². The van der Waals surface area contributed by atoms with Crippen LogP contribution >= 0.6 is 0 Å². The molecule has 0 bridgehead atoms. The fourth-order valence-electron chi connectivity index (χ4n) is 5.96. The molecule has 40 heavy (non-hydrogen) atoms. The molecule has 3 aromatic rings. The van der Waals surface area contributed by atoms with Crippen molar-refractivity contribution < 1.29 is 32.2 Å². The van der Waals surface area contributed by atoms with E-state index >= 15 is 0 Å². The van der Waals surface area contributed by atoms with Crippen LogP contribution in [0.15, 0.2) is 73.1 Å². The van der Waals surface area contributed by atoms with E-state index in [1.807, 2.05) is 57.2 Å². The van der Waals surface area contributed by atoms with E-state index in [2.05, 4.69) is 9.72 Å². The number of halogens is 3. The predicted molar refractivity (Wildman–Crippen MR) is 144 cm³/mol. The van der Waals surface area contributed by atoms with E-state index in [-0.39, 0.29) is 18.3 Å². The van der Waals surface area contributed by atoms with E-state index < -0.39 is 29.7 Å². The van der Waals surface area contributed by atoms with E-state index in [1.54, 1.807) is 29.4 Å². The molecule has 2 saturated heterocycles. The Labute approximate surface area is 232 Å². The standard InChI is InChI=1S/C31H33F3N2O4/c1-29(2,3)40-28(37)36-16-8-14-30(27(36)21-9-5-4-6-10-21)18-23(20-38-30)26-17-24(39-31(32,33)34)12-13-25(26)22-11-7-15-35-19-22/h4-7,9-13,15,17,19,23,27H,8,14,16,18,20H2,1-3H3/t23-,27-,30+/m0/s1. The SMILES string of the molecule is CC(C)(C)OC(=O)N1CCC[C@@]2(C[C@H](c3cc(OC(F)(F)F)ccc3-c3cccnc3)CO2)[C@@H]1c1ccccc1. The molecule has 212 valence electrons. The van der Waals surface area contributed by atoms with E-state index in [9.17, 15) is 18.0 Å². The zero-order chi connectivity index (χ0) is 28.5. The highest BCUT2D eigenvalue weighted by Crippen LogP contribution is 2.53. The third-order valence-electron chi connectivity index (χ3n) is 7.39. The van der Waals surface area contributed by atoms with Crippen LogP contribution in [0.1, 0.15) is 63.1 Å². The summed E-state index contributed by atoms with van der Waals surface area (Å²) in [7, 11) is 0. The summed E-state index contributed by atoms with van der Waals surface area (Å²) in [5.74, 6) is -0.522. The number of carbonyl (C=O) groups is 1. The number of aromatic nitrogens is 1. The van der Waals surface area contributed by atoms with Crippen molar-refractivity contribution >= 4 is 6.09 Å². The van der Waals surface area contributed by atoms with Crippen molar-refractivity contribution in [3.63, 3.8) is 0 Å². The van der Waals surface area contributed by atoms with E-state index in [0.29, 0.717) is 31.4 Å². The van der Waals surface area contributed by atoms with Crippen molar-refractivity contribution in [2.24, 2.45) is 0 Å². The quantitative estimate of drug-likeness (QED) is 0.331. The number of pyridine rings is 1. The summed E-state index contributed by atoms with van der Waals surface area (Å²) in [5, 5.41) is 0. The van der Waals surface area contributed by atoms with E-state index in [1.165, 1.54) is 12.1 Å². The van der Waals surface area contributed by atoms with Crippen molar-refractivity contribution in [1.82, 2.24) is 9.88 Å². The van der Waals surface area contributed by atoms with Crippen LogP contribution in [0.5, 0.6) is 5.75 Å². The van der Waals surface area contributed by atoms with Crippen LogP contribution in [-0.2, 0) is 9.47 Å². The van der Waals surface area contributed by atoms with Crippen LogP contribution in [-0.4, -0.2) is 46.7 Å². The summed E-state index contributed by atoms with van der Waals surface area (Å²) in [6.45, 7) is 6.30. The zero-order valence-corrected chi connectivity index (χ0v) is 22.8. The molecule has 9 heteroatoms. The summed E-state index contributed by atoms with van der Waals surface area (Å²) in [6, 6.07) is 17.4. The van der Waals surface area contributed by atoms with Gasteiger partial charge < -0.3 is 14.2 Å². The maximum Gasteiger partial charge on any atom is 0.573 e. The van der Waals surface area contributed by atoms with E-state index in [4.69, 9.17) is 9.47 Å². The average Bonchev–Trinajstić information content (AvgIpc) is 3.31. The molecular weight excluding hydrogens is 521 g/mol. The number of rotatable bonds is 4. The van der Waals surface area contributed by atoms with Gasteiger partial charge in [-0.3, -0.25) is 9.88 Å². The Morgan fingerprint density at radius 1 is 1.07 bits per heavy atom. The lowest BCUT2D eigenvalue weighted by atomic mass is 9.75. The van der Waals surface area contributed by atoms with Gasteiger partial charge in [0.25, 0.3) is 0 Å². The number of nitrogens with zero attached hydrogens (tertiary/aromatic N) is 2. The lowest BCUT2D eigenvalue weighted by Gasteiger charge is -2.47. The largest absolute Gasteiger partial charge is 0.573 e. The highest BCUT2D eigenvalue weighted by molar-refractivity contribution is 5.70. The molecule has 2 aromatic carbocycles. The maximum atomic E-state index is 13.4. The van der Waals surface area contributed by atoms with Crippen molar-refractivity contribution in [1.29, 1.82) is 0 Å². The summed E-state index contributed by atoms with van der Waals surface area (Å²) < 4.78 is 56.1. The Morgan fingerprint density at radius 3 is 2.52 bits per heavy atom. The second kappa shape index (κ2) is 10.8. The van der Waals surface area contributed by atoms with Crippen LogP contribution < -0.4 is 4.74 Å². The van der Waals surface area contributed by atoms with Crippen molar-refractivity contribution in [3.8, 4) is 16.9 Å². The van der Waals surface area contributed by atoms with Crippen LogP contribution in [0.2, 0.25) is 0 Å². The molecular formula is C31H33F3N2O4. The Bertz CT molecular complexity index is 1330. The molecule has 2 aliphatic heterocycles. The van der Waals surface area contributed by atoms with Gasteiger partial charge in [-0.05, 0) is 74.9 Å². The first-order valence-corrected chi connectivity index (χ1v) is 13.4. The number of carbonyl (C=O) groups excluding carboxylic acids is 1. The summed E-state index contributed by atoms with van der Waals surface area (Å²) in [5.41, 5.74) is 1.76. The van der Waals surface area contributed by atoms with Crippen LogP contribution in [0, 0.1) is 0 Å². The second-order valence-electron chi connectivity index (χ2n) is 11.4. The topological polar surface area (TPSA) is 60.9 Å². The number of benzene rings is 2.